The molecule has 2 atom stereocenters. The summed E-state index contributed by atoms with van der Waals surface area (Å²) in [4.78, 5) is 13.5. The average molecular weight is 677 g/mol. The number of rotatable bonds is 9. The van der Waals surface area contributed by atoms with Gasteiger partial charge in [0.2, 0.25) is 0 Å². The van der Waals surface area contributed by atoms with Gasteiger partial charge in [-0.25, -0.2) is 0 Å². The van der Waals surface area contributed by atoms with E-state index in [-0.39, 0.29) is 22.7 Å². The SMILES string of the molecule is C/C1=C/C[C@H](O[Si](c2ccccc2)(c2ccccc2)C(C)(C)C)[C@@H](CO[Si](c2ccccc2)(c2ccccc2)C(C)(C)C)OC(=O)CC1. The van der Waals surface area contributed by atoms with E-state index in [0.29, 0.717) is 19.3 Å². The van der Waals surface area contributed by atoms with Crippen LogP contribution in [-0.2, 0) is 18.4 Å². The van der Waals surface area contributed by atoms with Gasteiger partial charge in [-0.15, -0.1) is 0 Å². The maximum atomic E-state index is 13.5. The van der Waals surface area contributed by atoms with Crippen LogP contribution in [-0.4, -0.2) is 41.4 Å². The molecule has 0 N–H and O–H groups in total. The van der Waals surface area contributed by atoms with Gasteiger partial charge in [0.15, 0.2) is 0 Å². The third-order valence-corrected chi connectivity index (χ3v) is 19.8. The van der Waals surface area contributed by atoms with Gasteiger partial charge in [0.1, 0.15) is 6.10 Å². The molecule has 1 aliphatic heterocycles. The first-order valence-corrected chi connectivity index (χ1v) is 21.1. The van der Waals surface area contributed by atoms with Crippen molar-refractivity contribution in [2.75, 3.05) is 6.61 Å². The van der Waals surface area contributed by atoms with Crippen LogP contribution >= 0.6 is 0 Å². The molecule has 0 fully saturated rings. The summed E-state index contributed by atoms with van der Waals surface area (Å²) >= 11 is 0. The highest BCUT2D eigenvalue weighted by Gasteiger charge is 2.54. The van der Waals surface area contributed by atoms with Crippen molar-refractivity contribution < 1.29 is 18.4 Å². The molecule has 1 heterocycles. The smallest absolute Gasteiger partial charge is 0.306 e. The number of carbonyl (C=O) groups is 1. The minimum Gasteiger partial charge on any atom is -0.457 e. The van der Waals surface area contributed by atoms with E-state index in [9.17, 15) is 4.79 Å². The number of ether oxygens (including phenoxy) is 1. The molecular formula is C42H52O4Si2. The Bertz CT molecular complexity index is 1560. The first kappa shape index (κ1) is 35.7. The van der Waals surface area contributed by atoms with E-state index in [2.05, 4.69) is 176 Å². The minimum atomic E-state index is -2.98. The summed E-state index contributed by atoms with van der Waals surface area (Å²) in [6.07, 6.45) is 2.85. The van der Waals surface area contributed by atoms with E-state index >= 15 is 0 Å². The van der Waals surface area contributed by atoms with Crippen LogP contribution in [0, 0.1) is 0 Å². The Morgan fingerprint density at radius 1 is 0.625 bits per heavy atom. The molecule has 4 nitrogen and oxygen atoms in total. The normalized spacial score (nSPS) is 19.3. The highest BCUT2D eigenvalue weighted by atomic mass is 28.4. The zero-order valence-corrected chi connectivity index (χ0v) is 31.7. The lowest BCUT2D eigenvalue weighted by atomic mass is 10.1. The molecule has 252 valence electrons. The molecule has 0 bridgehead atoms. The summed E-state index contributed by atoms with van der Waals surface area (Å²) in [6.45, 7) is 16.0. The van der Waals surface area contributed by atoms with E-state index in [1.165, 1.54) is 26.3 Å². The molecule has 6 heteroatoms. The number of cyclic esters (lactones) is 1. The Morgan fingerprint density at radius 3 is 1.42 bits per heavy atom. The van der Waals surface area contributed by atoms with Crippen LogP contribution in [0.2, 0.25) is 10.1 Å². The van der Waals surface area contributed by atoms with Gasteiger partial charge in [-0.1, -0.05) is 175 Å². The van der Waals surface area contributed by atoms with Crippen LogP contribution in [0.3, 0.4) is 0 Å². The van der Waals surface area contributed by atoms with E-state index in [1.807, 2.05) is 0 Å². The maximum Gasteiger partial charge on any atom is 0.306 e. The molecule has 4 aromatic carbocycles. The van der Waals surface area contributed by atoms with Gasteiger partial charge in [0, 0.05) is 6.42 Å². The fourth-order valence-electron chi connectivity index (χ4n) is 7.33. The molecule has 0 radical (unpaired) electrons. The summed E-state index contributed by atoms with van der Waals surface area (Å²) in [5.74, 6) is -0.211. The van der Waals surface area contributed by atoms with Crippen LogP contribution in [0.1, 0.15) is 67.7 Å². The minimum absolute atomic E-state index is 0.211. The van der Waals surface area contributed by atoms with Gasteiger partial charge < -0.3 is 13.6 Å². The van der Waals surface area contributed by atoms with Crippen molar-refractivity contribution in [1.29, 1.82) is 0 Å². The third kappa shape index (κ3) is 7.37. The second-order valence-electron chi connectivity index (χ2n) is 15.1. The molecule has 5 rings (SSSR count). The van der Waals surface area contributed by atoms with Crippen LogP contribution in [0.15, 0.2) is 133 Å². The largest absolute Gasteiger partial charge is 0.457 e. The van der Waals surface area contributed by atoms with E-state index in [4.69, 9.17) is 13.6 Å². The Hall–Kier alpha value is -3.56. The van der Waals surface area contributed by atoms with Gasteiger partial charge in [0.05, 0.1) is 12.7 Å². The number of hydrogen-bond acceptors (Lipinski definition) is 4. The molecule has 0 saturated heterocycles. The lowest BCUT2D eigenvalue weighted by molar-refractivity contribution is -0.156. The standard InChI is InChI=1S/C42H52O4Si2/c1-33-28-30-38(46-48(42(5,6)7,36-24-16-10-17-25-36)37-26-18-11-19-27-37)39(45-40(43)31-29-33)32-44-47(41(2,3)4,34-20-12-8-13-21-34)35-22-14-9-15-23-35/h8-28,38-39H,29-32H2,1-7H3/b33-28-/t38-,39+/m0/s1. The highest BCUT2D eigenvalue weighted by Crippen LogP contribution is 2.40. The van der Waals surface area contributed by atoms with Crippen LogP contribution in [0.25, 0.3) is 0 Å². The number of allylic oxidation sites excluding steroid dienone is 1. The predicted molar refractivity (Wildman–Crippen MR) is 204 cm³/mol. The highest BCUT2D eigenvalue weighted by molar-refractivity contribution is 7.00. The lowest BCUT2D eigenvalue weighted by Crippen LogP contribution is -2.69. The number of carbonyl (C=O) groups excluding carboxylic acids is 1. The topological polar surface area (TPSA) is 44.8 Å². The van der Waals surface area contributed by atoms with Crippen LogP contribution in [0.4, 0.5) is 0 Å². The summed E-state index contributed by atoms with van der Waals surface area (Å²) in [5.41, 5.74) is 1.18. The molecule has 4 aromatic rings. The molecule has 48 heavy (non-hydrogen) atoms. The molecule has 0 saturated carbocycles. The molecule has 0 unspecified atom stereocenters. The van der Waals surface area contributed by atoms with Crippen molar-refractivity contribution >= 4 is 43.4 Å². The second kappa shape index (κ2) is 14.9. The van der Waals surface area contributed by atoms with Crippen molar-refractivity contribution in [2.24, 2.45) is 0 Å². The van der Waals surface area contributed by atoms with Gasteiger partial charge in [-0.05, 0) is 50.6 Å². The molecular weight excluding hydrogens is 625 g/mol. The summed E-state index contributed by atoms with van der Waals surface area (Å²) in [5, 5.41) is 4.32. The number of benzene rings is 4. The Balaban J connectivity index is 1.66. The van der Waals surface area contributed by atoms with Gasteiger partial charge in [0.25, 0.3) is 16.6 Å². The van der Waals surface area contributed by atoms with E-state index in [0.717, 1.165) is 0 Å². The summed E-state index contributed by atoms with van der Waals surface area (Å²) in [7, 11) is -5.90. The molecule has 0 amide bonds. The quantitative estimate of drug-likeness (QED) is 0.104. The number of esters is 1. The molecule has 0 aliphatic carbocycles. The first-order valence-electron chi connectivity index (χ1n) is 17.3. The Labute approximate surface area is 290 Å². The van der Waals surface area contributed by atoms with Crippen molar-refractivity contribution in [3.05, 3.63) is 133 Å². The van der Waals surface area contributed by atoms with Gasteiger partial charge >= 0.3 is 5.97 Å². The van der Waals surface area contributed by atoms with Crippen molar-refractivity contribution in [3.8, 4) is 0 Å². The van der Waals surface area contributed by atoms with Gasteiger partial charge in [-0.2, -0.15) is 0 Å². The fraction of sp³-hybridized carbons (Fsp3) is 0.357. The fourth-order valence-corrected chi connectivity index (χ4v) is 16.6. The van der Waals surface area contributed by atoms with Crippen molar-refractivity contribution in [2.45, 2.75) is 90.0 Å². The summed E-state index contributed by atoms with van der Waals surface area (Å²) in [6, 6.07) is 42.6. The van der Waals surface area contributed by atoms with E-state index in [1.54, 1.807) is 0 Å². The van der Waals surface area contributed by atoms with E-state index < -0.39 is 28.8 Å². The predicted octanol–water partition coefficient (Wildman–Crippen LogP) is 7.55. The molecule has 1 aliphatic rings. The average Bonchev–Trinajstić information content (AvgIpc) is 3.14. The zero-order valence-electron chi connectivity index (χ0n) is 29.7. The Kier molecular flexibility index (Phi) is 11.1. The first-order chi connectivity index (χ1) is 22.9. The molecule has 0 aromatic heterocycles. The summed E-state index contributed by atoms with van der Waals surface area (Å²) < 4.78 is 21.6. The molecule has 0 spiro atoms. The van der Waals surface area contributed by atoms with Crippen molar-refractivity contribution in [1.82, 2.24) is 0 Å². The van der Waals surface area contributed by atoms with Crippen molar-refractivity contribution in [3.63, 3.8) is 0 Å². The second-order valence-corrected chi connectivity index (χ2v) is 23.7. The monoisotopic (exact) mass is 676 g/mol. The lowest BCUT2D eigenvalue weighted by Gasteiger charge is -2.47. The zero-order chi connectivity index (χ0) is 34.4. The van der Waals surface area contributed by atoms with Gasteiger partial charge in [-0.3, -0.25) is 4.79 Å². The maximum absolute atomic E-state index is 13.5. The Morgan fingerprint density at radius 2 is 1.02 bits per heavy atom. The third-order valence-electron chi connectivity index (χ3n) is 9.75. The number of hydrogen-bond donors (Lipinski definition) is 0. The van der Waals surface area contributed by atoms with Crippen LogP contribution in [0.5, 0.6) is 0 Å². The van der Waals surface area contributed by atoms with Crippen LogP contribution < -0.4 is 20.7 Å².